The molecule has 4 N–H and O–H groups in total. The third-order valence-corrected chi connectivity index (χ3v) is 10.0. The Morgan fingerprint density at radius 1 is 0.490 bits per heavy atom. The first kappa shape index (κ1) is 49.8. The number of hydrogen-bond acceptors (Lipinski definition) is 5. The molecule has 0 aromatic heterocycles. The Morgan fingerprint density at radius 2 is 0.922 bits per heavy atom. The lowest BCUT2D eigenvalue weighted by molar-refractivity contribution is 0.0963. The first-order valence-corrected chi connectivity index (χ1v) is 22.1. The van der Waals surface area contributed by atoms with Crippen LogP contribution < -0.4 is 5.73 Å². The fourth-order valence-corrected chi connectivity index (χ4v) is 6.69. The molecule has 3 unspecified atom stereocenters. The Hall–Kier alpha value is -1.24. The van der Waals surface area contributed by atoms with Crippen molar-refractivity contribution in [2.75, 3.05) is 45.8 Å². The highest BCUT2D eigenvalue weighted by molar-refractivity contribution is 4.95. The van der Waals surface area contributed by atoms with E-state index in [0.29, 0.717) is 19.0 Å². The molecule has 0 aliphatic rings. The van der Waals surface area contributed by atoms with Gasteiger partial charge in [0.2, 0.25) is 0 Å². The summed E-state index contributed by atoms with van der Waals surface area (Å²) >= 11 is 0. The average Bonchev–Trinajstić information content (AvgIpc) is 3.12. The SMILES string of the molecule is CCCCC/C=C\C/C=C/CCCCCCCCN(CCCN(CCCCCCCC/C=C\C/C=C\C(C)CCC)CC(O)CC)CC(O)CN. The van der Waals surface area contributed by atoms with Gasteiger partial charge >= 0.3 is 0 Å². The van der Waals surface area contributed by atoms with E-state index < -0.39 is 6.10 Å². The number of allylic oxidation sites excluding steroid dienone is 8. The minimum atomic E-state index is -0.454. The van der Waals surface area contributed by atoms with E-state index in [1.54, 1.807) is 0 Å². The van der Waals surface area contributed by atoms with E-state index in [2.05, 4.69) is 86.1 Å². The molecule has 300 valence electrons. The summed E-state index contributed by atoms with van der Waals surface area (Å²) in [4.78, 5) is 4.91. The highest BCUT2D eigenvalue weighted by atomic mass is 16.3. The van der Waals surface area contributed by atoms with Gasteiger partial charge in [-0.2, -0.15) is 0 Å². The number of rotatable bonds is 39. The van der Waals surface area contributed by atoms with E-state index in [9.17, 15) is 10.2 Å². The topological polar surface area (TPSA) is 73.0 Å². The van der Waals surface area contributed by atoms with Crippen molar-refractivity contribution in [3.05, 3.63) is 48.6 Å². The average molecular weight is 716 g/mol. The van der Waals surface area contributed by atoms with Gasteiger partial charge in [-0.3, -0.25) is 0 Å². The van der Waals surface area contributed by atoms with Gasteiger partial charge < -0.3 is 25.7 Å². The minimum absolute atomic E-state index is 0.248. The molecule has 5 heteroatoms. The standard InChI is InChI=1S/C46H89N3O2/c1-5-8-9-10-11-12-13-14-15-16-17-20-23-27-30-33-38-49(43-46(51)41-47)40-34-39-48(42-45(50)7-3)37-32-29-26-24-21-18-19-22-25-28-31-36-44(4)35-6-2/h11-12,14-15,22,25,31,36,44-46,50-51H,5-10,13,16-21,23-24,26-30,32-35,37-43,47H2,1-4H3/b12-11-,15-14+,25-22-,36-31-. The van der Waals surface area contributed by atoms with Crippen LogP contribution in [0.5, 0.6) is 0 Å². The monoisotopic (exact) mass is 716 g/mol. The Bertz CT molecular complexity index is 810. The Labute approximate surface area is 319 Å². The van der Waals surface area contributed by atoms with Crippen molar-refractivity contribution in [2.45, 2.75) is 194 Å². The summed E-state index contributed by atoms with van der Waals surface area (Å²) in [7, 11) is 0. The molecule has 0 amide bonds. The van der Waals surface area contributed by atoms with Crippen LogP contribution in [0.15, 0.2) is 48.6 Å². The van der Waals surface area contributed by atoms with E-state index in [-0.39, 0.29) is 6.10 Å². The zero-order chi connectivity index (χ0) is 37.5. The van der Waals surface area contributed by atoms with Crippen LogP contribution >= 0.6 is 0 Å². The smallest absolute Gasteiger partial charge is 0.0789 e. The van der Waals surface area contributed by atoms with Gasteiger partial charge in [-0.25, -0.2) is 0 Å². The minimum Gasteiger partial charge on any atom is -0.392 e. The van der Waals surface area contributed by atoms with Crippen LogP contribution in [-0.2, 0) is 0 Å². The second-order valence-corrected chi connectivity index (χ2v) is 15.3. The van der Waals surface area contributed by atoms with Gasteiger partial charge in [0, 0.05) is 19.6 Å². The van der Waals surface area contributed by atoms with Gasteiger partial charge in [-0.05, 0) is 116 Å². The zero-order valence-corrected chi connectivity index (χ0v) is 34.6. The fraction of sp³-hybridized carbons (Fsp3) is 0.826. The normalized spacial score (nSPS) is 14.5. The van der Waals surface area contributed by atoms with Gasteiger partial charge in [-0.15, -0.1) is 0 Å². The highest BCUT2D eigenvalue weighted by Crippen LogP contribution is 2.12. The van der Waals surface area contributed by atoms with Crippen LogP contribution in [0, 0.1) is 5.92 Å². The molecule has 0 aromatic rings. The number of unbranched alkanes of at least 4 members (excludes halogenated alkanes) is 15. The van der Waals surface area contributed by atoms with E-state index >= 15 is 0 Å². The molecule has 0 bridgehead atoms. The van der Waals surface area contributed by atoms with Crippen molar-refractivity contribution in [2.24, 2.45) is 11.7 Å². The van der Waals surface area contributed by atoms with E-state index in [4.69, 9.17) is 5.73 Å². The van der Waals surface area contributed by atoms with E-state index in [0.717, 1.165) is 58.4 Å². The van der Waals surface area contributed by atoms with Crippen molar-refractivity contribution in [1.29, 1.82) is 0 Å². The van der Waals surface area contributed by atoms with Gasteiger partial charge in [-0.1, -0.05) is 147 Å². The highest BCUT2D eigenvalue weighted by Gasteiger charge is 2.14. The van der Waals surface area contributed by atoms with Gasteiger partial charge in [0.15, 0.2) is 0 Å². The fourth-order valence-electron chi connectivity index (χ4n) is 6.69. The largest absolute Gasteiger partial charge is 0.392 e. The molecule has 0 spiro atoms. The molecule has 5 nitrogen and oxygen atoms in total. The van der Waals surface area contributed by atoms with Crippen molar-refractivity contribution >= 4 is 0 Å². The summed E-state index contributed by atoms with van der Waals surface area (Å²) < 4.78 is 0. The van der Waals surface area contributed by atoms with Crippen molar-refractivity contribution in [3.63, 3.8) is 0 Å². The summed E-state index contributed by atoms with van der Waals surface area (Å²) in [6.45, 7) is 14.8. The van der Waals surface area contributed by atoms with E-state index in [1.807, 2.05) is 0 Å². The van der Waals surface area contributed by atoms with Crippen LogP contribution in [0.4, 0.5) is 0 Å². The number of nitrogens with zero attached hydrogens (tertiary/aromatic N) is 2. The van der Waals surface area contributed by atoms with Crippen molar-refractivity contribution < 1.29 is 10.2 Å². The quantitative estimate of drug-likeness (QED) is 0.0436. The molecule has 0 heterocycles. The number of aliphatic hydroxyl groups is 2. The second-order valence-electron chi connectivity index (χ2n) is 15.3. The number of nitrogens with two attached hydrogens (primary N) is 1. The maximum Gasteiger partial charge on any atom is 0.0789 e. The summed E-state index contributed by atoms with van der Waals surface area (Å²) in [6.07, 6.45) is 47.6. The number of hydrogen-bond donors (Lipinski definition) is 3. The maximum atomic E-state index is 10.4. The molecule has 0 aliphatic heterocycles. The maximum absolute atomic E-state index is 10.4. The molecule has 0 rings (SSSR count). The zero-order valence-electron chi connectivity index (χ0n) is 34.6. The molecular formula is C46H89N3O2. The molecule has 51 heavy (non-hydrogen) atoms. The summed E-state index contributed by atoms with van der Waals surface area (Å²) in [5, 5.41) is 20.7. The van der Waals surface area contributed by atoms with E-state index in [1.165, 1.54) is 128 Å². The lowest BCUT2D eigenvalue weighted by atomic mass is 10.1. The van der Waals surface area contributed by atoms with Crippen molar-refractivity contribution in [3.8, 4) is 0 Å². The van der Waals surface area contributed by atoms with Crippen LogP contribution in [0.1, 0.15) is 182 Å². The molecule has 0 aromatic carbocycles. The van der Waals surface area contributed by atoms with Gasteiger partial charge in [0.25, 0.3) is 0 Å². The molecule has 0 aliphatic carbocycles. The van der Waals surface area contributed by atoms with Crippen molar-refractivity contribution in [1.82, 2.24) is 9.80 Å². The first-order valence-electron chi connectivity index (χ1n) is 22.1. The van der Waals surface area contributed by atoms with Crippen LogP contribution in [0.25, 0.3) is 0 Å². The van der Waals surface area contributed by atoms with Gasteiger partial charge in [0.05, 0.1) is 12.2 Å². The third-order valence-electron chi connectivity index (χ3n) is 10.0. The summed E-state index contributed by atoms with van der Waals surface area (Å²) in [5.41, 5.74) is 5.78. The second kappa shape index (κ2) is 40.0. The predicted molar refractivity (Wildman–Crippen MR) is 228 cm³/mol. The van der Waals surface area contributed by atoms with Gasteiger partial charge in [0.1, 0.15) is 0 Å². The van der Waals surface area contributed by atoms with Crippen LogP contribution in [-0.4, -0.2) is 78.0 Å². The van der Waals surface area contributed by atoms with Crippen LogP contribution in [0.3, 0.4) is 0 Å². The predicted octanol–water partition coefficient (Wildman–Crippen LogP) is 11.6. The lowest BCUT2D eigenvalue weighted by Crippen LogP contribution is -2.39. The Kier molecular flexibility index (Phi) is 39.0. The summed E-state index contributed by atoms with van der Waals surface area (Å²) in [6, 6.07) is 0. The molecule has 0 saturated carbocycles. The molecule has 0 saturated heterocycles. The number of aliphatic hydroxyl groups excluding tert-OH is 2. The Morgan fingerprint density at radius 3 is 1.39 bits per heavy atom. The first-order chi connectivity index (χ1) is 25.0. The third kappa shape index (κ3) is 36.9. The van der Waals surface area contributed by atoms with Crippen LogP contribution in [0.2, 0.25) is 0 Å². The summed E-state index contributed by atoms with van der Waals surface area (Å²) in [5.74, 6) is 0.708. The lowest BCUT2D eigenvalue weighted by Gasteiger charge is -2.28. The molecule has 3 atom stereocenters. The molecule has 0 fully saturated rings. The Balaban J connectivity index is 4.20. The molecule has 0 radical (unpaired) electrons. The molecular weight excluding hydrogens is 627 g/mol.